The fourth-order valence-corrected chi connectivity index (χ4v) is 1.67. The number of hydrogen-bond acceptors (Lipinski definition) is 1. The summed E-state index contributed by atoms with van der Waals surface area (Å²) in [5.74, 6) is -0.126. The Labute approximate surface area is 115 Å². The summed E-state index contributed by atoms with van der Waals surface area (Å²) in [7, 11) is 0. The molecule has 2 aromatic rings. The van der Waals surface area contributed by atoms with Gasteiger partial charge in [-0.2, -0.15) is 0 Å². The Kier molecular flexibility index (Phi) is 6.37. The van der Waals surface area contributed by atoms with Crippen molar-refractivity contribution in [1.29, 1.82) is 0 Å². The molecule has 0 saturated heterocycles. The highest BCUT2D eigenvalue weighted by atomic mass is 16.1. The maximum Gasteiger partial charge on any atom is 0.231 e. The number of para-hydroxylation sites is 1. The minimum atomic E-state index is -0.142. The van der Waals surface area contributed by atoms with Crippen molar-refractivity contribution < 1.29 is 4.79 Å². The SMILES string of the molecule is CC.CC(C(=O)Nc1ccccc1)c1ccccc1. The van der Waals surface area contributed by atoms with Gasteiger partial charge in [-0.25, -0.2) is 0 Å². The summed E-state index contributed by atoms with van der Waals surface area (Å²) in [6.07, 6.45) is 0. The monoisotopic (exact) mass is 255 g/mol. The molecule has 0 aliphatic heterocycles. The average Bonchev–Trinajstić information content (AvgIpc) is 2.50. The topological polar surface area (TPSA) is 29.1 Å². The Bertz CT molecular complexity index is 479. The molecule has 2 aromatic carbocycles. The van der Waals surface area contributed by atoms with Crippen molar-refractivity contribution in [2.24, 2.45) is 0 Å². The molecule has 0 aliphatic carbocycles. The summed E-state index contributed by atoms with van der Waals surface area (Å²) in [5.41, 5.74) is 1.86. The van der Waals surface area contributed by atoms with Gasteiger partial charge in [0.2, 0.25) is 5.91 Å². The summed E-state index contributed by atoms with van der Waals surface area (Å²) in [6.45, 7) is 5.91. The van der Waals surface area contributed by atoms with Crippen LogP contribution in [0, 0.1) is 0 Å². The average molecular weight is 255 g/mol. The molecule has 19 heavy (non-hydrogen) atoms. The maximum absolute atomic E-state index is 12.0. The van der Waals surface area contributed by atoms with E-state index < -0.39 is 0 Å². The minimum absolute atomic E-state index is 0.0161. The lowest BCUT2D eigenvalue weighted by atomic mass is 10.0. The van der Waals surface area contributed by atoms with Gasteiger partial charge in [0.1, 0.15) is 0 Å². The third-order valence-corrected chi connectivity index (χ3v) is 2.73. The normalized spacial score (nSPS) is 10.9. The van der Waals surface area contributed by atoms with Crippen LogP contribution in [0.4, 0.5) is 5.69 Å². The fraction of sp³-hybridized carbons (Fsp3) is 0.235. The zero-order chi connectivity index (χ0) is 14.1. The van der Waals surface area contributed by atoms with Crippen LogP contribution < -0.4 is 5.32 Å². The van der Waals surface area contributed by atoms with Gasteiger partial charge in [0.05, 0.1) is 5.92 Å². The summed E-state index contributed by atoms with van der Waals surface area (Å²) >= 11 is 0. The van der Waals surface area contributed by atoms with Crippen LogP contribution in [0.2, 0.25) is 0 Å². The van der Waals surface area contributed by atoms with E-state index in [0.717, 1.165) is 11.3 Å². The highest BCUT2D eigenvalue weighted by Gasteiger charge is 2.14. The van der Waals surface area contributed by atoms with Crippen molar-refractivity contribution in [3.8, 4) is 0 Å². The minimum Gasteiger partial charge on any atom is -0.326 e. The molecule has 0 saturated carbocycles. The molecule has 0 radical (unpaired) electrons. The molecule has 0 bridgehead atoms. The van der Waals surface area contributed by atoms with E-state index >= 15 is 0 Å². The van der Waals surface area contributed by atoms with Crippen LogP contribution in [-0.4, -0.2) is 5.91 Å². The lowest BCUT2D eigenvalue weighted by Gasteiger charge is -2.12. The molecule has 100 valence electrons. The van der Waals surface area contributed by atoms with Gasteiger partial charge in [0.25, 0.3) is 0 Å². The summed E-state index contributed by atoms with van der Waals surface area (Å²) in [6, 6.07) is 19.3. The van der Waals surface area contributed by atoms with Gasteiger partial charge in [-0.3, -0.25) is 4.79 Å². The summed E-state index contributed by atoms with van der Waals surface area (Å²) < 4.78 is 0. The molecule has 1 unspecified atom stereocenters. The Morgan fingerprint density at radius 3 is 1.89 bits per heavy atom. The summed E-state index contributed by atoms with van der Waals surface area (Å²) in [4.78, 5) is 12.0. The van der Waals surface area contributed by atoms with Crippen LogP contribution in [0.5, 0.6) is 0 Å². The Morgan fingerprint density at radius 2 is 1.37 bits per heavy atom. The molecule has 0 heterocycles. The molecule has 2 rings (SSSR count). The van der Waals surface area contributed by atoms with Gasteiger partial charge >= 0.3 is 0 Å². The van der Waals surface area contributed by atoms with Gasteiger partial charge in [0.15, 0.2) is 0 Å². The van der Waals surface area contributed by atoms with Gasteiger partial charge < -0.3 is 5.32 Å². The van der Waals surface area contributed by atoms with E-state index in [1.807, 2.05) is 81.4 Å². The van der Waals surface area contributed by atoms with E-state index in [1.165, 1.54) is 0 Å². The Morgan fingerprint density at radius 1 is 0.895 bits per heavy atom. The lowest BCUT2D eigenvalue weighted by molar-refractivity contribution is -0.117. The predicted molar refractivity (Wildman–Crippen MR) is 81.3 cm³/mol. The third-order valence-electron chi connectivity index (χ3n) is 2.73. The standard InChI is InChI=1S/C15H15NO.C2H6/c1-12(13-8-4-2-5-9-13)15(17)16-14-10-6-3-7-11-14;1-2/h2-12H,1H3,(H,16,17);1-2H3. The van der Waals surface area contributed by atoms with E-state index in [-0.39, 0.29) is 11.8 Å². The first kappa shape index (κ1) is 15.0. The first-order valence-corrected chi connectivity index (χ1v) is 6.68. The highest BCUT2D eigenvalue weighted by molar-refractivity contribution is 5.95. The zero-order valence-electron chi connectivity index (χ0n) is 11.8. The van der Waals surface area contributed by atoms with Crippen LogP contribution >= 0.6 is 0 Å². The number of amides is 1. The van der Waals surface area contributed by atoms with Crippen molar-refractivity contribution >= 4 is 11.6 Å². The highest BCUT2D eigenvalue weighted by Crippen LogP contribution is 2.17. The third kappa shape index (κ3) is 4.59. The van der Waals surface area contributed by atoms with Crippen molar-refractivity contribution in [3.63, 3.8) is 0 Å². The van der Waals surface area contributed by atoms with Gasteiger partial charge in [0, 0.05) is 5.69 Å². The van der Waals surface area contributed by atoms with Crippen LogP contribution in [0.25, 0.3) is 0 Å². The zero-order valence-corrected chi connectivity index (χ0v) is 11.8. The number of nitrogens with one attached hydrogen (secondary N) is 1. The van der Waals surface area contributed by atoms with E-state index in [0.29, 0.717) is 0 Å². The number of anilines is 1. The van der Waals surface area contributed by atoms with Crippen LogP contribution in [0.15, 0.2) is 60.7 Å². The molecule has 0 spiro atoms. The molecule has 1 N–H and O–H groups in total. The van der Waals surface area contributed by atoms with Crippen molar-refractivity contribution in [2.45, 2.75) is 26.7 Å². The first-order chi connectivity index (χ1) is 9.27. The summed E-state index contributed by atoms with van der Waals surface area (Å²) in [5, 5.41) is 2.90. The van der Waals surface area contributed by atoms with Crippen molar-refractivity contribution in [3.05, 3.63) is 66.2 Å². The quantitative estimate of drug-likeness (QED) is 0.862. The molecule has 1 amide bonds. The molecular formula is C17H21NO. The predicted octanol–water partition coefficient (Wildman–Crippen LogP) is 4.46. The molecule has 0 aliphatic rings. The fourth-order valence-electron chi connectivity index (χ4n) is 1.67. The van der Waals surface area contributed by atoms with Gasteiger partial charge in [-0.15, -0.1) is 0 Å². The lowest BCUT2D eigenvalue weighted by Crippen LogP contribution is -2.18. The van der Waals surface area contributed by atoms with E-state index in [1.54, 1.807) is 0 Å². The second-order valence-electron chi connectivity index (χ2n) is 3.99. The number of benzene rings is 2. The molecular weight excluding hydrogens is 234 g/mol. The molecule has 0 aromatic heterocycles. The number of rotatable bonds is 3. The number of hydrogen-bond donors (Lipinski definition) is 1. The van der Waals surface area contributed by atoms with E-state index in [4.69, 9.17) is 0 Å². The molecule has 1 atom stereocenters. The largest absolute Gasteiger partial charge is 0.326 e. The Hall–Kier alpha value is -2.09. The molecule has 2 nitrogen and oxygen atoms in total. The second-order valence-corrected chi connectivity index (χ2v) is 3.99. The molecule has 2 heteroatoms. The van der Waals surface area contributed by atoms with Crippen molar-refractivity contribution in [2.75, 3.05) is 5.32 Å². The van der Waals surface area contributed by atoms with E-state index in [9.17, 15) is 4.79 Å². The van der Waals surface area contributed by atoms with Crippen LogP contribution in [-0.2, 0) is 4.79 Å². The first-order valence-electron chi connectivity index (χ1n) is 6.68. The van der Waals surface area contributed by atoms with E-state index in [2.05, 4.69) is 5.32 Å². The van der Waals surface area contributed by atoms with Crippen LogP contribution in [0.1, 0.15) is 32.3 Å². The van der Waals surface area contributed by atoms with Crippen molar-refractivity contribution in [1.82, 2.24) is 0 Å². The maximum atomic E-state index is 12.0. The van der Waals surface area contributed by atoms with Crippen LogP contribution in [0.3, 0.4) is 0 Å². The van der Waals surface area contributed by atoms with Gasteiger partial charge in [-0.1, -0.05) is 62.4 Å². The second kappa shape index (κ2) is 8.09. The number of carbonyl (C=O) groups excluding carboxylic acids is 1. The molecule has 0 fully saturated rings. The number of carbonyl (C=O) groups is 1. The Balaban J connectivity index is 0.000000861. The van der Waals surface area contributed by atoms with Gasteiger partial charge in [-0.05, 0) is 24.6 Å². The smallest absolute Gasteiger partial charge is 0.231 e.